The lowest BCUT2D eigenvalue weighted by Crippen LogP contribution is -2.06. The van der Waals surface area contributed by atoms with E-state index in [2.05, 4.69) is 0 Å². The summed E-state index contributed by atoms with van der Waals surface area (Å²) in [4.78, 5) is 11.2. The fourth-order valence-corrected chi connectivity index (χ4v) is 1.85. The van der Waals surface area contributed by atoms with E-state index in [0.29, 0.717) is 24.5 Å². The highest BCUT2D eigenvalue weighted by atomic mass is 35.5. The van der Waals surface area contributed by atoms with Crippen molar-refractivity contribution in [3.8, 4) is 0 Å². The first-order valence-electron chi connectivity index (χ1n) is 4.43. The number of hydrogen-bond donors (Lipinski definition) is 0. The highest BCUT2D eigenvalue weighted by Crippen LogP contribution is 2.30. The Morgan fingerprint density at radius 2 is 2.31 bits per heavy atom. The first-order chi connectivity index (χ1) is 6.31. The van der Waals surface area contributed by atoms with Gasteiger partial charge in [-0.15, -0.1) is 11.6 Å². The van der Waals surface area contributed by atoms with Gasteiger partial charge in [-0.2, -0.15) is 0 Å². The molecule has 2 saturated heterocycles. The first kappa shape index (κ1) is 8.88. The third-order valence-electron chi connectivity index (χ3n) is 2.34. The standard InChI is InChI=1S/C9H11ClO3/c10-5-6-1-2-8(13-6)7-3-4-12-9(7)11/h6H,1-5H2/b8-7-. The summed E-state index contributed by atoms with van der Waals surface area (Å²) in [6.07, 6.45) is 2.50. The number of cyclic esters (lactones) is 1. The van der Waals surface area contributed by atoms with E-state index in [0.717, 1.165) is 18.6 Å². The fraction of sp³-hybridized carbons (Fsp3) is 0.667. The summed E-state index contributed by atoms with van der Waals surface area (Å²) in [5.41, 5.74) is 0.715. The van der Waals surface area contributed by atoms with Gasteiger partial charge in [0.15, 0.2) is 0 Å². The average molecular weight is 203 g/mol. The molecule has 3 nitrogen and oxygen atoms in total. The number of hydrogen-bond acceptors (Lipinski definition) is 3. The minimum atomic E-state index is -0.217. The van der Waals surface area contributed by atoms with E-state index in [1.807, 2.05) is 0 Å². The zero-order chi connectivity index (χ0) is 9.26. The number of allylic oxidation sites excluding steroid dienone is 1. The third-order valence-corrected chi connectivity index (χ3v) is 2.69. The van der Waals surface area contributed by atoms with Gasteiger partial charge in [-0.05, 0) is 6.42 Å². The molecule has 2 rings (SSSR count). The first-order valence-corrected chi connectivity index (χ1v) is 4.96. The summed E-state index contributed by atoms with van der Waals surface area (Å²) in [7, 11) is 0. The molecule has 1 atom stereocenters. The quantitative estimate of drug-likeness (QED) is 0.368. The van der Waals surface area contributed by atoms with E-state index in [9.17, 15) is 4.79 Å². The van der Waals surface area contributed by atoms with Crippen molar-refractivity contribution >= 4 is 17.6 Å². The van der Waals surface area contributed by atoms with Gasteiger partial charge in [0.05, 0.1) is 18.1 Å². The SMILES string of the molecule is O=C1OCC/C1=C1\CCC(CCl)O1. The minimum Gasteiger partial charge on any atom is -0.493 e. The van der Waals surface area contributed by atoms with Crippen LogP contribution in [0.1, 0.15) is 19.3 Å². The molecule has 0 aromatic rings. The van der Waals surface area contributed by atoms with Gasteiger partial charge in [0.1, 0.15) is 11.9 Å². The zero-order valence-electron chi connectivity index (χ0n) is 7.22. The molecule has 1 unspecified atom stereocenters. The predicted molar refractivity (Wildman–Crippen MR) is 47.4 cm³/mol. The van der Waals surface area contributed by atoms with Gasteiger partial charge in [-0.25, -0.2) is 4.79 Å². The highest BCUT2D eigenvalue weighted by molar-refractivity contribution is 6.18. The average Bonchev–Trinajstić information content (AvgIpc) is 2.71. The summed E-state index contributed by atoms with van der Waals surface area (Å²) in [5.74, 6) is 1.07. The normalized spacial score (nSPS) is 33.3. The minimum absolute atomic E-state index is 0.0811. The largest absolute Gasteiger partial charge is 0.493 e. The number of ether oxygens (including phenoxy) is 2. The molecule has 0 amide bonds. The number of esters is 1. The zero-order valence-corrected chi connectivity index (χ0v) is 7.97. The molecular weight excluding hydrogens is 192 g/mol. The molecule has 2 aliphatic heterocycles. The number of carbonyl (C=O) groups is 1. The third kappa shape index (κ3) is 1.66. The van der Waals surface area contributed by atoms with Gasteiger partial charge in [0, 0.05) is 12.8 Å². The molecule has 0 aromatic carbocycles. The summed E-state index contributed by atoms with van der Waals surface area (Å²) < 4.78 is 10.3. The van der Waals surface area contributed by atoms with Crippen molar-refractivity contribution in [1.82, 2.24) is 0 Å². The molecule has 0 N–H and O–H groups in total. The molecule has 2 aliphatic rings. The van der Waals surface area contributed by atoms with Crippen LogP contribution >= 0.6 is 11.6 Å². The van der Waals surface area contributed by atoms with E-state index >= 15 is 0 Å². The van der Waals surface area contributed by atoms with Crippen molar-refractivity contribution < 1.29 is 14.3 Å². The Morgan fingerprint density at radius 1 is 1.46 bits per heavy atom. The Labute approximate surface area is 81.6 Å². The van der Waals surface area contributed by atoms with Crippen molar-refractivity contribution in [3.63, 3.8) is 0 Å². The lowest BCUT2D eigenvalue weighted by molar-refractivity contribution is -0.135. The van der Waals surface area contributed by atoms with Gasteiger partial charge in [-0.3, -0.25) is 0 Å². The summed E-state index contributed by atoms with van der Waals surface area (Å²) in [5, 5.41) is 0. The van der Waals surface area contributed by atoms with Crippen molar-refractivity contribution in [1.29, 1.82) is 0 Å². The van der Waals surface area contributed by atoms with Crippen LogP contribution in [0.3, 0.4) is 0 Å². The molecule has 0 spiro atoms. The maximum Gasteiger partial charge on any atom is 0.337 e. The lowest BCUT2D eigenvalue weighted by Gasteiger charge is -2.06. The molecule has 0 saturated carbocycles. The Kier molecular flexibility index (Phi) is 2.44. The molecule has 0 bridgehead atoms. The Morgan fingerprint density at radius 3 is 2.85 bits per heavy atom. The lowest BCUT2D eigenvalue weighted by atomic mass is 10.1. The van der Waals surface area contributed by atoms with Crippen LogP contribution in [0, 0.1) is 0 Å². The number of carbonyl (C=O) groups excluding carboxylic acids is 1. The van der Waals surface area contributed by atoms with Crippen molar-refractivity contribution in [2.75, 3.05) is 12.5 Å². The summed E-state index contributed by atoms with van der Waals surface area (Å²) in [6.45, 7) is 0.493. The van der Waals surface area contributed by atoms with Crippen LogP contribution in [-0.4, -0.2) is 24.6 Å². The molecule has 4 heteroatoms. The van der Waals surface area contributed by atoms with E-state index in [1.54, 1.807) is 0 Å². The highest BCUT2D eigenvalue weighted by Gasteiger charge is 2.29. The second-order valence-electron chi connectivity index (χ2n) is 3.22. The molecule has 0 aromatic heterocycles. The van der Waals surface area contributed by atoms with Crippen LogP contribution in [0.15, 0.2) is 11.3 Å². The van der Waals surface area contributed by atoms with Crippen LogP contribution in [0.5, 0.6) is 0 Å². The van der Waals surface area contributed by atoms with Gasteiger partial charge < -0.3 is 9.47 Å². The predicted octanol–water partition coefficient (Wildman–Crippen LogP) is 1.61. The van der Waals surface area contributed by atoms with Crippen molar-refractivity contribution in [2.45, 2.75) is 25.4 Å². The number of alkyl halides is 1. The second-order valence-corrected chi connectivity index (χ2v) is 3.53. The molecule has 2 fully saturated rings. The number of halogens is 1. The van der Waals surface area contributed by atoms with Crippen LogP contribution in [0.4, 0.5) is 0 Å². The van der Waals surface area contributed by atoms with Gasteiger partial charge in [0.2, 0.25) is 0 Å². The van der Waals surface area contributed by atoms with Crippen LogP contribution in [0.2, 0.25) is 0 Å². The maximum absolute atomic E-state index is 11.2. The van der Waals surface area contributed by atoms with Crippen LogP contribution < -0.4 is 0 Å². The fourth-order valence-electron chi connectivity index (χ4n) is 1.63. The molecule has 72 valence electrons. The molecule has 0 radical (unpaired) electrons. The maximum atomic E-state index is 11.2. The topological polar surface area (TPSA) is 35.5 Å². The van der Waals surface area contributed by atoms with Gasteiger partial charge >= 0.3 is 5.97 Å². The van der Waals surface area contributed by atoms with E-state index in [4.69, 9.17) is 21.1 Å². The van der Waals surface area contributed by atoms with Gasteiger partial charge in [0.25, 0.3) is 0 Å². The van der Waals surface area contributed by atoms with Gasteiger partial charge in [-0.1, -0.05) is 0 Å². The van der Waals surface area contributed by atoms with Crippen molar-refractivity contribution in [3.05, 3.63) is 11.3 Å². The van der Waals surface area contributed by atoms with E-state index < -0.39 is 0 Å². The van der Waals surface area contributed by atoms with E-state index in [1.165, 1.54) is 0 Å². The molecular formula is C9H11ClO3. The summed E-state index contributed by atoms with van der Waals surface area (Å²) >= 11 is 5.65. The molecule has 13 heavy (non-hydrogen) atoms. The molecule has 2 heterocycles. The number of rotatable bonds is 1. The monoisotopic (exact) mass is 202 g/mol. The van der Waals surface area contributed by atoms with Crippen LogP contribution in [0.25, 0.3) is 0 Å². The summed E-state index contributed by atoms with van der Waals surface area (Å²) in [6, 6.07) is 0. The van der Waals surface area contributed by atoms with Crippen LogP contribution in [-0.2, 0) is 14.3 Å². The smallest absolute Gasteiger partial charge is 0.337 e. The Hall–Kier alpha value is -0.700. The van der Waals surface area contributed by atoms with E-state index in [-0.39, 0.29) is 12.1 Å². The Bertz CT molecular complexity index is 260. The Balaban J connectivity index is 2.12. The second kappa shape index (κ2) is 3.58. The molecule has 0 aliphatic carbocycles. The van der Waals surface area contributed by atoms with Crippen molar-refractivity contribution in [2.24, 2.45) is 0 Å².